The van der Waals surface area contributed by atoms with Gasteiger partial charge in [-0.25, -0.2) is 0 Å². The van der Waals surface area contributed by atoms with Crippen molar-refractivity contribution in [1.29, 1.82) is 0 Å². The molecule has 2 rings (SSSR count). The maximum absolute atomic E-state index is 12.1. The van der Waals surface area contributed by atoms with Crippen molar-refractivity contribution in [3.63, 3.8) is 0 Å². The molecule has 0 saturated carbocycles. The number of hydrogen-bond acceptors (Lipinski definition) is 4. The van der Waals surface area contributed by atoms with E-state index in [-0.39, 0.29) is 10.6 Å². The van der Waals surface area contributed by atoms with Crippen molar-refractivity contribution in [3.05, 3.63) is 39.6 Å². The topological polar surface area (TPSA) is 95.1 Å². The number of aliphatic hydroxyl groups is 1. The van der Waals surface area contributed by atoms with Gasteiger partial charge in [0.25, 0.3) is 10.0 Å². The number of aromatic amines is 1. The van der Waals surface area contributed by atoms with Gasteiger partial charge in [0.05, 0.1) is 18.5 Å². The smallest absolute Gasteiger partial charge is 0.279 e. The van der Waals surface area contributed by atoms with Gasteiger partial charge in [-0.1, -0.05) is 12.1 Å². The van der Waals surface area contributed by atoms with Crippen molar-refractivity contribution in [2.75, 3.05) is 4.72 Å². The molecule has 1 aromatic heterocycles. The van der Waals surface area contributed by atoms with Crippen molar-refractivity contribution in [2.24, 2.45) is 0 Å². The van der Waals surface area contributed by atoms with Crippen LogP contribution in [0.4, 0.5) is 5.69 Å². The van der Waals surface area contributed by atoms with Gasteiger partial charge in [-0.2, -0.15) is 13.5 Å². The fourth-order valence-electron chi connectivity index (χ4n) is 1.38. The number of aliphatic hydroxyl groups excluding tert-OH is 1. The van der Waals surface area contributed by atoms with Crippen LogP contribution in [-0.4, -0.2) is 23.7 Å². The molecule has 0 unspecified atom stereocenters. The highest BCUT2D eigenvalue weighted by Gasteiger charge is 2.21. The first-order valence-corrected chi connectivity index (χ1v) is 7.51. The van der Waals surface area contributed by atoms with Crippen molar-refractivity contribution >= 4 is 38.3 Å². The third-order valence-electron chi connectivity index (χ3n) is 2.24. The van der Waals surface area contributed by atoms with Crippen LogP contribution in [0.5, 0.6) is 0 Å². The van der Waals surface area contributed by atoms with Gasteiger partial charge in [-0.05, 0) is 34.7 Å². The molecule has 0 spiro atoms. The minimum Gasteiger partial charge on any atom is -0.392 e. The van der Waals surface area contributed by atoms with Crippen LogP contribution in [-0.2, 0) is 16.6 Å². The van der Waals surface area contributed by atoms with E-state index in [4.69, 9.17) is 5.11 Å². The van der Waals surface area contributed by atoms with E-state index in [1.165, 1.54) is 6.20 Å². The largest absolute Gasteiger partial charge is 0.392 e. The van der Waals surface area contributed by atoms with Crippen LogP contribution in [0.15, 0.2) is 35.5 Å². The van der Waals surface area contributed by atoms with Gasteiger partial charge in [0.15, 0.2) is 5.03 Å². The van der Waals surface area contributed by atoms with Crippen LogP contribution in [0.1, 0.15) is 5.56 Å². The lowest BCUT2D eigenvalue weighted by atomic mass is 10.3. The second-order valence-corrected chi connectivity index (χ2v) is 6.25. The second kappa shape index (κ2) is 5.24. The first kappa shape index (κ1) is 13.3. The number of rotatable bonds is 4. The summed E-state index contributed by atoms with van der Waals surface area (Å²) in [4.78, 5) is 0. The van der Waals surface area contributed by atoms with Crippen LogP contribution in [0, 0.1) is 3.57 Å². The number of nitrogens with zero attached hydrogens (tertiary/aromatic N) is 1. The van der Waals surface area contributed by atoms with E-state index in [0.717, 1.165) is 3.57 Å². The third-order valence-corrected chi connectivity index (χ3v) is 4.56. The summed E-state index contributed by atoms with van der Waals surface area (Å²) in [5, 5.41) is 14.9. The van der Waals surface area contributed by atoms with E-state index in [0.29, 0.717) is 5.69 Å². The summed E-state index contributed by atoms with van der Waals surface area (Å²) < 4.78 is 27.4. The van der Waals surface area contributed by atoms with Gasteiger partial charge in [-0.15, -0.1) is 0 Å². The zero-order valence-corrected chi connectivity index (χ0v) is 12.1. The molecule has 18 heavy (non-hydrogen) atoms. The van der Waals surface area contributed by atoms with E-state index in [1.807, 2.05) is 28.7 Å². The van der Waals surface area contributed by atoms with Gasteiger partial charge in [0.1, 0.15) is 0 Å². The van der Waals surface area contributed by atoms with Crippen LogP contribution >= 0.6 is 22.6 Å². The Balaban J connectivity index is 2.37. The van der Waals surface area contributed by atoms with Crippen molar-refractivity contribution < 1.29 is 13.5 Å². The number of H-pyrrole nitrogens is 1. The standard InChI is InChI=1S/C10H10IN3O3S/c11-8-3-1-2-4-9(8)14-18(16,17)10-7(6-15)5-12-13-10/h1-5,14-15H,6H2,(H,12,13). The Morgan fingerprint density at radius 1 is 1.39 bits per heavy atom. The lowest BCUT2D eigenvalue weighted by Gasteiger charge is -2.08. The van der Waals surface area contributed by atoms with Gasteiger partial charge < -0.3 is 5.11 Å². The maximum atomic E-state index is 12.1. The average molecular weight is 379 g/mol. The van der Waals surface area contributed by atoms with Crippen LogP contribution in [0.2, 0.25) is 0 Å². The fraction of sp³-hybridized carbons (Fsp3) is 0.100. The van der Waals surface area contributed by atoms with Gasteiger partial charge in [0, 0.05) is 9.13 Å². The molecule has 2 aromatic rings. The highest BCUT2D eigenvalue weighted by molar-refractivity contribution is 14.1. The number of halogens is 1. The fourth-order valence-corrected chi connectivity index (χ4v) is 3.29. The van der Waals surface area contributed by atoms with Gasteiger partial charge in [-0.3, -0.25) is 9.82 Å². The Labute approximate surface area is 118 Å². The van der Waals surface area contributed by atoms with Gasteiger partial charge >= 0.3 is 0 Å². The molecule has 0 aliphatic carbocycles. The quantitative estimate of drug-likeness (QED) is 0.699. The van der Waals surface area contributed by atoms with E-state index >= 15 is 0 Å². The maximum Gasteiger partial charge on any atom is 0.279 e. The Hall–Kier alpha value is -1.13. The Kier molecular flexibility index (Phi) is 3.88. The monoisotopic (exact) mass is 379 g/mol. The summed E-state index contributed by atoms with van der Waals surface area (Å²) in [6.07, 6.45) is 1.28. The number of para-hydroxylation sites is 1. The highest BCUT2D eigenvalue weighted by atomic mass is 127. The summed E-state index contributed by atoms with van der Waals surface area (Å²) in [6, 6.07) is 7.00. The van der Waals surface area contributed by atoms with E-state index < -0.39 is 16.6 Å². The zero-order valence-electron chi connectivity index (χ0n) is 9.09. The van der Waals surface area contributed by atoms with E-state index in [2.05, 4.69) is 14.9 Å². The van der Waals surface area contributed by atoms with Crippen LogP contribution in [0.3, 0.4) is 0 Å². The summed E-state index contributed by atoms with van der Waals surface area (Å²) in [5.41, 5.74) is 0.713. The second-order valence-electron chi connectivity index (χ2n) is 3.47. The number of anilines is 1. The molecular weight excluding hydrogens is 369 g/mol. The number of benzene rings is 1. The molecule has 3 N–H and O–H groups in total. The third kappa shape index (κ3) is 2.65. The highest BCUT2D eigenvalue weighted by Crippen LogP contribution is 2.21. The molecule has 1 aromatic carbocycles. The lowest BCUT2D eigenvalue weighted by Crippen LogP contribution is -2.15. The van der Waals surface area contributed by atoms with E-state index in [9.17, 15) is 8.42 Å². The molecular formula is C10H10IN3O3S. The predicted octanol–water partition coefficient (Wildman–Crippen LogP) is 1.31. The Bertz CT molecular complexity index is 654. The zero-order chi connectivity index (χ0) is 13.2. The van der Waals surface area contributed by atoms with Crippen LogP contribution in [0.25, 0.3) is 0 Å². The van der Waals surface area contributed by atoms with Crippen molar-refractivity contribution in [3.8, 4) is 0 Å². The molecule has 0 atom stereocenters. The number of sulfonamides is 1. The number of aromatic nitrogens is 2. The molecule has 0 saturated heterocycles. The SMILES string of the molecule is O=S(=O)(Nc1ccccc1I)c1[nH]ncc1CO. The first-order valence-electron chi connectivity index (χ1n) is 4.95. The molecule has 0 aliphatic rings. The molecule has 0 radical (unpaired) electrons. The average Bonchev–Trinajstić information content (AvgIpc) is 2.81. The minimum absolute atomic E-state index is 0.121. The molecule has 8 heteroatoms. The van der Waals surface area contributed by atoms with Gasteiger partial charge in [0.2, 0.25) is 0 Å². The molecule has 1 heterocycles. The molecule has 0 amide bonds. The molecule has 0 aliphatic heterocycles. The Morgan fingerprint density at radius 3 is 2.78 bits per heavy atom. The molecule has 0 fully saturated rings. The molecule has 96 valence electrons. The molecule has 0 bridgehead atoms. The normalized spacial score (nSPS) is 11.4. The van der Waals surface area contributed by atoms with Crippen molar-refractivity contribution in [1.82, 2.24) is 10.2 Å². The summed E-state index contributed by atoms with van der Waals surface area (Å²) in [7, 11) is -3.77. The minimum atomic E-state index is -3.77. The number of nitrogens with one attached hydrogen (secondary N) is 2. The van der Waals surface area contributed by atoms with Crippen LogP contribution < -0.4 is 4.72 Å². The summed E-state index contributed by atoms with van der Waals surface area (Å²) in [5.74, 6) is 0. The predicted molar refractivity (Wildman–Crippen MR) is 74.5 cm³/mol. The summed E-state index contributed by atoms with van der Waals surface area (Å²) >= 11 is 2.03. The Morgan fingerprint density at radius 2 is 2.11 bits per heavy atom. The molecule has 6 nitrogen and oxygen atoms in total. The van der Waals surface area contributed by atoms with E-state index in [1.54, 1.807) is 18.2 Å². The lowest BCUT2D eigenvalue weighted by molar-refractivity contribution is 0.278. The first-order chi connectivity index (χ1) is 8.54. The number of hydrogen-bond donors (Lipinski definition) is 3. The summed E-state index contributed by atoms with van der Waals surface area (Å²) in [6.45, 7) is -0.390. The van der Waals surface area contributed by atoms with Crippen molar-refractivity contribution in [2.45, 2.75) is 11.6 Å².